The van der Waals surface area contributed by atoms with Crippen LogP contribution in [0.3, 0.4) is 0 Å². The maximum absolute atomic E-state index is 6.81. The molecule has 3 heteroatoms. The van der Waals surface area contributed by atoms with Gasteiger partial charge in [-0.1, -0.05) is 182 Å². The van der Waals surface area contributed by atoms with Crippen molar-refractivity contribution in [2.45, 2.75) is 5.41 Å². The summed E-state index contributed by atoms with van der Waals surface area (Å²) in [6, 6.07) is 70.9. The minimum Gasteiger partial charge on any atom is -0.457 e. The maximum Gasteiger partial charge on any atom is 0.132 e. The smallest absolute Gasteiger partial charge is 0.132 e. The molecule has 0 fully saturated rings. The second-order valence-corrected chi connectivity index (χ2v) is 14.5. The van der Waals surface area contributed by atoms with Crippen molar-refractivity contribution in [3.05, 3.63) is 229 Å². The minimum absolute atomic E-state index is 0.485. The third-order valence-electron chi connectivity index (χ3n) is 11.4. The van der Waals surface area contributed by atoms with Gasteiger partial charge in [-0.15, -0.1) is 0 Å². The molecule has 3 nitrogen and oxygen atoms in total. The predicted molar refractivity (Wildman–Crippen MR) is 227 cm³/mol. The summed E-state index contributed by atoms with van der Waals surface area (Å²) in [5, 5.41) is 0. The molecule has 1 aliphatic carbocycles. The molecular formula is C53H34N2O. The molecule has 0 radical (unpaired) electrons. The second-order valence-electron chi connectivity index (χ2n) is 14.5. The van der Waals surface area contributed by atoms with E-state index in [1.807, 2.05) is 18.3 Å². The summed E-state index contributed by atoms with van der Waals surface area (Å²) in [6.07, 6.45) is 1.90. The third kappa shape index (κ3) is 4.98. The van der Waals surface area contributed by atoms with Crippen LogP contribution in [0.5, 0.6) is 11.5 Å². The van der Waals surface area contributed by atoms with Gasteiger partial charge in [0.1, 0.15) is 11.5 Å². The number of aromatic nitrogens is 2. The summed E-state index contributed by atoms with van der Waals surface area (Å²) < 4.78 is 6.81. The normalized spacial score (nSPS) is 12.9. The van der Waals surface area contributed by atoms with Crippen molar-refractivity contribution < 1.29 is 4.74 Å². The molecule has 0 unspecified atom stereocenters. The first-order chi connectivity index (χ1) is 27.8. The Morgan fingerprint density at radius 1 is 0.339 bits per heavy atom. The molecular weight excluding hydrogens is 681 g/mol. The lowest BCUT2D eigenvalue weighted by Gasteiger charge is -2.39. The molecule has 1 aromatic heterocycles. The van der Waals surface area contributed by atoms with E-state index in [1.165, 1.54) is 38.9 Å². The highest BCUT2D eigenvalue weighted by Gasteiger charge is 2.50. The molecule has 0 atom stereocenters. The van der Waals surface area contributed by atoms with Gasteiger partial charge < -0.3 is 4.74 Å². The van der Waals surface area contributed by atoms with Crippen molar-refractivity contribution in [3.8, 4) is 78.7 Å². The molecule has 2 heterocycles. The van der Waals surface area contributed by atoms with Crippen molar-refractivity contribution in [1.82, 2.24) is 9.97 Å². The highest BCUT2D eigenvalue weighted by atomic mass is 16.5. The molecule has 0 N–H and O–H groups in total. The Morgan fingerprint density at radius 2 is 0.857 bits per heavy atom. The first-order valence-electron chi connectivity index (χ1n) is 19.1. The van der Waals surface area contributed by atoms with Crippen molar-refractivity contribution in [2.24, 2.45) is 0 Å². The zero-order valence-corrected chi connectivity index (χ0v) is 30.4. The Labute approximate surface area is 326 Å². The van der Waals surface area contributed by atoms with Gasteiger partial charge in [-0.05, 0) is 62.7 Å². The average Bonchev–Trinajstić information content (AvgIpc) is 3.57. The number of rotatable bonds is 5. The van der Waals surface area contributed by atoms with Gasteiger partial charge in [-0.3, -0.25) is 4.98 Å². The fourth-order valence-electron chi connectivity index (χ4n) is 8.89. The van der Waals surface area contributed by atoms with Crippen LogP contribution in [0.2, 0.25) is 0 Å². The Balaban J connectivity index is 1.01. The second kappa shape index (κ2) is 12.9. The Hall–Kier alpha value is -7.36. The van der Waals surface area contributed by atoms with Crippen LogP contribution < -0.4 is 4.74 Å². The SMILES string of the molecule is c1ccc(-c2ccc(-c3cnc(-c4cccc(-c5ccc6c(c5)Oc5ccccc5C65c6ccccc6-c6ccccc65)c4)c(-c4ccccc4)n3)cc2)cc1. The number of para-hydroxylation sites is 1. The van der Waals surface area contributed by atoms with Crippen molar-refractivity contribution in [3.63, 3.8) is 0 Å². The molecule has 1 spiro atoms. The van der Waals surface area contributed by atoms with E-state index in [-0.39, 0.29) is 0 Å². The lowest BCUT2D eigenvalue weighted by molar-refractivity contribution is 0.436. The molecule has 2 aliphatic rings. The summed E-state index contributed by atoms with van der Waals surface area (Å²) in [6.45, 7) is 0. The summed E-state index contributed by atoms with van der Waals surface area (Å²) in [4.78, 5) is 10.4. The Bertz CT molecular complexity index is 2890. The molecule has 0 amide bonds. The molecule has 0 bridgehead atoms. The van der Waals surface area contributed by atoms with Crippen LogP contribution in [0.15, 0.2) is 206 Å². The van der Waals surface area contributed by atoms with Gasteiger partial charge in [-0.25, -0.2) is 4.98 Å². The van der Waals surface area contributed by atoms with Gasteiger partial charge in [0.25, 0.3) is 0 Å². The van der Waals surface area contributed by atoms with E-state index in [0.29, 0.717) is 0 Å². The number of hydrogen-bond acceptors (Lipinski definition) is 3. The summed E-state index contributed by atoms with van der Waals surface area (Å²) in [5.41, 5.74) is 17.0. The molecule has 262 valence electrons. The van der Waals surface area contributed by atoms with Crippen LogP contribution in [-0.2, 0) is 5.41 Å². The van der Waals surface area contributed by atoms with E-state index in [1.54, 1.807) is 0 Å². The van der Waals surface area contributed by atoms with Crippen LogP contribution in [-0.4, -0.2) is 9.97 Å². The van der Waals surface area contributed by atoms with E-state index >= 15 is 0 Å². The first-order valence-corrected chi connectivity index (χ1v) is 19.1. The van der Waals surface area contributed by atoms with Gasteiger partial charge in [0, 0.05) is 27.8 Å². The number of ether oxygens (including phenoxy) is 1. The van der Waals surface area contributed by atoms with E-state index < -0.39 is 5.41 Å². The lowest BCUT2D eigenvalue weighted by atomic mass is 9.66. The van der Waals surface area contributed by atoms with E-state index in [0.717, 1.165) is 62.0 Å². The third-order valence-corrected chi connectivity index (χ3v) is 11.4. The number of nitrogens with zero attached hydrogens (tertiary/aromatic N) is 2. The van der Waals surface area contributed by atoms with Crippen LogP contribution in [0.25, 0.3) is 67.2 Å². The number of benzene rings is 8. The largest absolute Gasteiger partial charge is 0.457 e. The van der Waals surface area contributed by atoms with Crippen LogP contribution >= 0.6 is 0 Å². The van der Waals surface area contributed by atoms with Crippen LogP contribution in [0.1, 0.15) is 22.3 Å². The standard InChI is InChI=1S/C53H34N2O/c1-3-14-35(15-4-1)36-26-28-37(29-27-36)48-34-54-51(52(55-48)38-16-5-2-6-17-38)41-19-13-18-39(32-41)40-30-31-47-50(33-40)56-49-25-12-11-24-46(49)53(47)44-22-9-7-20-42(44)43-21-8-10-23-45(43)53/h1-34H. The summed E-state index contributed by atoms with van der Waals surface area (Å²) in [7, 11) is 0. The lowest BCUT2D eigenvalue weighted by Crippen LogP contribution is -2.32. The fraction of sp³-hybridized carbons (Fsp3) is 0.0189. The Morgan fingerprint density at radius 3 is 1.59 bits per heavy atom. The molecule has 56 heavy (non-hydrogen) atoms. The summed E-state index contributed by atoms with van der Waals surface area (Å²) >= 11 is 0. The van der Waals surface area contributed by atoms with E-state index in [9.17, 15) is 0 Å². The first kappa shape index (κ1) is 32.1. The molecule has 0 saturated carbocycles. The minimum atomic E-state index is -0.485. The highest BCUT2D eigenvalue weighted by molar-refractivity contribution is 5.89. The van der Waals surface area contributed by atoms with Gasteiger partial charge in [0.2, 0.25) is 0 Å². The van der Waals surface area contributed by atoms with Gasteiger partial charge >= 0.3 is 0 Å². The number of hydrogen-bond donors (Lipinski definition) is 0. The molecule has 1 aliphatic heterocycles. The monoisotopic (exact) mass is 714 g/mol. The van der Waals surface area contributed by atoms with Crippen molar-refractivity contribution in [1.29, 1.82) is 0 Å². The molecule has 8 aromatic carbocycles. The average molecular weight is 715 g/mol. The van der Waals surface area contributed by atoms with Crippen molar-refractivity contribution >= 4 is 0 Å². The topological polar surface area (TPSA) is 35.0 Å². The van der Waals surface area contributed by atoms with E-state index in [2.05, 4.69) is 188 Å². The van der Waals surface area contributed by atoms with Crippen molar-refractivity contribution in [2.75, 3.05) is 0 Å². The fourth-order valence-corrected chi connectivity index (χ4v) is 8.89. The Kier molecular flexibility index (Phi) is 7.39. The molecule has 11 rings (SSSR count). The highest BCUT2D eigenvalue weighted by Crippen LogP contribution is 2.62. The van der Waals surface area contributed by atoms with Gasteiger partial charge in [0.15, 0.2) is 0 Å². The zero-order chi connectivity index (χ0) is 37.1. The molecule has 0 saturated heterocycles. The quantitative estimate of drug-likeness (QED) is 0.178. The zero-order valence-electron chi connectivity index (χ0n) is 30.4. The summed E-state index contributed by atoms with van der Waals surface area (Å²) in [5.74, 6) is 1.75. The van der Waals surface area contributed by atoms with E-state index in [4.69, 9.17) is 14.7 Å². The number of fused-ring (bicyclic) bond motifs is 9. The van der Waals surface area contributed by atoms with Crippen LogP contribution in [0, 0.1) is 0 Å². The van der Waals surface area contributed by atoms with Gasteiger partial charge in [0.05, 0.1) is 28.7 Å². The molecule has 9 aromatic rings. The van der Waals surface area contributed by atoms with Crippen LogP contribution in [0.4, 0.5) is 0 Å². The maximum atomic E-state index is 6.81. The van der Waals surface area contributed by atoms with Gasteiger partial charge in [-0.2, -0.15) is 0 Å². The predicted octanol–water partition coefficient (Wildman–Crippen LogP) is 13.3.